The Hall–Kier alpha value is -2.21. The second-order valence-corrected chi connectivity index (χ2v) is 4.23. The van der Waals surface area contributed by atoms with Gasteiger partial charge in [-0.15, -0.1) is 0 Å². The Morgan fingerprint density at radius 1 is 1.25 bits per heavy atom. The molecule has 0 aliphatic carbocycles. The summed E-state index contributed by atoms with van der Waals surface area (Å²) in [5.41, 5.74) is -0.367. The zero-order valence-corrected chi connectivity index (χ0v) is 11.1. The van der Waals surface area contributed by atoms with Crippen LogP contribution in [0, 0.1) is 11.6 Å². The maximum Gasteiger partial charge on any atom is 0.258 e. The number of hydrogen-bond acceptors (Lipinski definition) is 3. The van der Waals surface area contributed by atoms with Gasteiger partial charge in [0.15, 0.2) is 17.5 Å². The monoisotopic (exact) mass is 297 g/mol. The highest BCUT2D eigenvalue weighted by molar-refractivity contribution is 6.31. The van der Waals surface area contributed by atoms with E-state index in [1.165, 1.54) is 37.5 Å². The maximum absolute atomic E-state index is 13.9. The molecule has 1 amide bonds. The summed E-state index contributed by atoms with van der Waals surface area (Å²) in [6, 6.07) is 5.35. The number of benzene rings is 1. The second kappa shape index (κ2) is 5.83. The van der Waals surface area contributed by atoms with E-state index in [1.807, 2.05) is 0 Å². The van der Waals surface area contributed by atoms with Gasteiger partial charge in [-0.1, -0.05) is 17.7 Å². The van der Waals surface area contributed by atoms with Crippen molar-refractivity contribution in [2.45, 2.75) is 0 Å². The Morgan fingerprint density at radius 3 is 2.70 bits per heavy atom. The lowest BCUT2D eigenvalue weighted by Gasteiger charge is -2.09. The minimum absolute atomic E-state index is 0.0655. The van der Waals surface area contributed by atoms with E-state index >= 15 is 0 Å². The average molecular weight is 298 g/mol. The van der Waals surface area contributed by atoms with Crippen molar-refractivity contribution in [3.8, 4) is 0 Å². The lowest BCUT2D eigenvalue weighted by Crippen LogP contribution is -2.16. The largest absolute Gasteiger partial charge is 0.371 e. The first-order valence-electron chi connectivity index (χ1n) is 5.62. The number of halogens is 3. The van der Waals surface area contributed by atoms with Gasteiger partial charge in [-0.25, -0.2) is 13.8 Å². The van der Waals surface area contributed by atoms with Crippen molar-refractivity contribution >= 4 is 29.0 Å². The van der Waals surface area contributed by atoms with E-state index in [0.29, 0.717) is 0 Å². The first-order chi connectivity index (χ1) is 9.54. The summed E-state index contributed by atoms with van der Waals surface area (Å²) >= 11 is 5.60. The summed E-state index contributed by atoms with van der Waals surface area (Å²) in [4.78, 5) is 15.7. The summed E-state index contributed by atoms with van der Waals surface area (Å²) < 4.78 is 27.6. The molecule has 0 radical (unpaired) electrons. The van der Waals surface area contributed by atoms with E-state index in [1.54, 1.807) is 0 Å². The summed E-state index contributed by atoms with van der Waals surface area (Å²) in [7, 11) is 1.48. The van der Waals surface area contributed by atoms with E-state index in [4.69, 9.17) is 11.6 Å². The molecule has 0 fully saturated rings. The van der Waals surface area contributed by atoms with Crippen molar-refractivity contribution in [2.24, 2.45) is 0 Å². The molecule has 4 nitrogen and oxygen atoms in total. The third kappa shape index (κ3) is 2.70. The van der Waals surface area contributed by atoms with Gasteiger partial charge in [-0.05, 0) is 18.2 Å². The van der Waals surface area contributed by atoms with E-state index in [9.17, 15) is 13.6 Å². The molecule has 20 heavy (non-hydrogen) atoms. The number of aromatic nitrogens is 1. The molecule has 2 N–H and O–H groups in total. The topological polar surface area (TPSA) is 54.0 Å². The predicted octanol–water partition coefficient (Wildman–Crippen LogP) is 3.31. The molecule has 2 rings (SSSR count). The molecule has 0 spiro atoms. The number of hydrogen-bond donors (Lipinski definition) is 2. The number of nitrogens with zero attached hydrogens (tertiary/aromatic N) is 1. The highest BCUT2D eigenvalue weighted by Crippen LogP contribution is 2.23. The van der Waals surface area contributed by atoms with E-state index in [0.717, 1.165) is 0 Å². The minimum Gasteiger partial charge on any atom is -0.371 e. The molecule has 0 aliphatic heterocycles. The molecular formula is C13H10ClF2N3O. The van der Waals surface area contributed by atoms with Gasteiger partial charge in [-0.3, -0.25) is 4.79 Å². The zero-order valence-electron chi connectivity index (χ0n) is 10.4. The molecule has 1 heterocycles. The van der Waals surface area contributed by atoms with Crippen molar-refractivity contribution in [1.29, 1.82) is 0 Å². The van der Waals surface area contributed by atoms with Crippen LogP contribution in [0.2, 0.25) is 5.02 Å². The average Bonchev–Trinajstić information content (AvgIpc) is 2.44. The summed E-state index contributed by atoms with van der Waals surface area (Å²) in [5, 5.41) is 4.65. The van der Waals surface area contributed by atoms with Crippen molar-refractivity contribution in [3.05, 3.63) is 52.7 Å². The van der Waals surface area contributed by atoms with Crippen LogP contribution in [0.3, 0.4) is 0 Å². The molecule has 7 heteroatoms. The van der Waals surface area contributed by atoms with Gasteiger partial charge in [0.2, 0.25) is 0 Å². The first-order valence-corrected chi connectivity index (χ1v) is 6.00. The second-order valence-electron chi connectivity index (χ2n) is 3.83. The summed E-state index contributed by atoms with van der Waals surface area (Å²) in [6.07, 6.45) is 1.28. The van der Waals surface area contributed by atoms with Crippen LogP contribution in [-0.4, -0.2) is 17.9 Å². The van der Waals surface area contributed by atoms with Gasteiger partial charge in [0.05, 0.1) is 16.3 Å². The molecule has 0 bridgehead atoms. The SMILES string of the molecule is CNc1nccc(C(=O)Nc2cccc(Cl)c2F)c1F. The zero-order chi connectivity index (χ0) is 14.7. The molecule has 0 saturated heterocycles. The fraction of sp³-hybridized carbons (Fsp3) is 0.0769. The van der Waals surface area contributed by atoms with Crippen LogP contribution in [0.15, 0.2) is 30.5 Å². The minimum atomic E-state index is -0.810. The van der Waals surface area contributed by atoms with E-state index in [-0.39, 0.29) is 22.1 Å². The Balaban J connectivity index is 2.31. The van der Waals surface area contributed by atoms with Crippen molar-refractivity contribution in [1.82, 2.24) is 4.98 Å². The quantitative estimate of drug-likeness (QED) is 0.914. The molecule has 0 saturated carbocycles. The Morgan fingerprint density at radius 2 is 2.00 bits per heavy atom. The number of carbonyl (C=O) groups excluding carboxylic acids is 1. The third-order valence-electron chi connectivity index (χ3n) is 2.57. The fourth-order valence-electron chi connectivity index (χ4n) is 1.58. The van der Waals surface area contributed by atoms with Gasteiger partial charge < -0.3 is 10.6 Å². The van der Waals surface area contributed by atoms with Crippen LogP contribution in [0.4, 0.5) is 20.3 Å². The number of amides is 1. The van der Waals surface area contributed by atoms with Crippen LogP contribution in [0.25, 0.3) is 0 Å². The van der Waals surface area contributed by atoms with Crippen LogP contribution in [-0.2, 0) is 0 Å². The molecule has 0 aliphatic rings. The molecule has 1 aromatic heterocycles. The van der Waals surface area contributed by atoms with Crippen molar-refractivity contribution in [3.63, 3.8) is 0 Å². The molecule has 2 aromatic rings. The van der Waals surface area contributed by atoms with Gasteiger partial charge in [0.1, 0.15) is 0 Å². The van der Waals surface area contributed by atoms with Crippen LogP contribution in [0.1, 0.15) is 10.4 Å². The number of nitrogens with one attached hydrogen (secondary N) is 2. The highest BCUT2D eigenvalue weighted by atomic mass is 35.5. The fourth-order valence-corrected chi connectivity index (χ4v) is 1.76. The van der Waals surface area contributed by atoms with Crippen LogP contribution < -0.4 is 10.6 Å². The Labute approximate surface area is 118 Å². The van der Waals surface area contributed by atoms with Crippen LogP contribution in [0.5, 0.6) is 0 Å². The Bertz CT molecular complexity index is 664. The molecule has 1 aromatic carbocycles. The Kier molecular flexibility index (Phi) is 4.14. The van der Waals surface area contributed by atoms with Gasteiger partial charge in [0.25, 0.3) is 5.91 Å². The normalized spacial score (nSPS) is 10.2. The smallest absolute Gasteiger partial charge is 0.258 e. The summed E-state index contributed by atoms with van der Waals surface area (Å²) in [6.45, 7) is 0. The third-order valence-corrected chi connectivity index (χ3v) is 2.86. The maximum atomic E-state index is 13.9. The van der Waals surface area contributed by atoms with E-state index < -0.39 is 17.5 Å². The lowest BCUT2D eigenvalue weighted by atomic mass is 10.2. The van der Waals surface area contributed by atoms with Gasteiger partial charge >= 0.3 is 0 Å². The molecular weight excluding hydrogens is 288 g/mol. The molecule has 0 atom stereocenters. The van der Waals surface area contributed by atoms with E-state index in [2.05, 4.69) is 15.6 Å². The van der Waals surface area contributed by atoms with Gasteiger partial charge in [0, 0.05) is 13.2 Å². The number of rotatable bonds is 3. The molecule has 104 valence electrons. The van der Waals surface area contributed by atoms with Crippen molar-refractivity contribution in [2.75, 3.05) is 17.7 Å². The summed E-state index contributed by atoms with van der Waals surface area (Å²) in [5.74, 6) is -2.44. The predicted molar refractivity (Wildman–Crippen MR) is 73.1 cm³/mol. The standard InChI is InChI=1S/C13H10ClF2N3O/c1-17-12-10(15)7(5-6-18-12)13(20)19-9-4-2-3-8(14)11(9)16/h2-6H,1H3,(H,17,18)(H,19,20). The number of anilines is 2. The number of pyridine rings is 1. The lowest BCUT2D eigenvalue weighted by molar-refractivity contribution is 0.102. The first kappa shape index (κ1) is 14.2. The highest BCUT2D eigenvalue weighted by Gasteiger charge is 2.17. The van der Waals surface area contributed by atoms with Crippen LogP contribution >= 0.6 is 11.6 Å². The van der Waals surface area contributed by atoms with Crippen molar-refractivity contribution < 1.29 is 13.6 Å². The van der Waals surface area contributed by atoms with Gasteiger partial charge in [-0.2, -0.15) is 0 Å². The number of carbonyl (C=O) groups is 1. The molecule has 0 unspecified atom stereocenters.